The van der Waals surface area contributed by atoms with E-state index in [1.54, 1.807) is 0 Å². The third-order valence-electron chi connectivity index (χ3n) is 3.97. The van der Waals surface area contributed by atoms with Crippen LogP contribution in [-0.2, 0) is 0 Å². The fourth-order valence-electron chi connectivity index (χ4n) is 2.84. The number of carbonyl (C=O) groups excluding carboxylic acids is 1. The Hall–Kier alpha value is -1.31. The minimum absolute atomic E-state index is 0.203. The zero-order valence-electron chi connectivity index (χ0n) is 12.6. The summed E-state index contributed by atoms with van der Waals surface area (Å²) in [4.78, 5) is 14.4. The maximum atomic E-state index is 12.4. The van der Waals surface area contributed by atoms with Crippen LogP contribution in [0.5, 0.6) is 0 Å². The van der Waals surface area contributed by atoms with E-state index in [9.17, 15) is 4.79 Å². The second-order valence-corrected chi connectivity index (χ2v) is 6.15. The minimum atomic E-state index is 0.203. The molecule has 0 radical (unpaired) electrons. The molecule has 0 saturated carbocycles. The molecule has 1 aliphatic rings. The second-order valence-electron chi connectivity index (χ2n) is 6.15. The van der Waals surface area contributed by atoms with Gasteiger partial charge in [-0.15, -0.1) is 0 Å². The van der Waals surface area contributed by atoms with Gasteiger partial charge in [0.05, 0.1) is 0 Å². The summed E-state index contributed by atoms with van der Waals surface area (Å²) in [5, 5.41) is 0. The molecular weight excluding hydrogens is 234 g/mol. The van der Waals surface area contributed by atoms with Crippen molar-refractivity contribution in [3.05, 3.63) is 34.9 Å². The van der Waals surface area contributed by atoms with Gasteiger partial charge in [0, 0.05) is 18.7 Å². The maximum absolute atomic E-state index is 12.4. The Morgan fingerprint density at radius 1 is 1.00 bits per heavy atom. The fraction of sp³-hybridized carbons (Fsp3) is 0.588. The van der Waals surface area contributed by atoms with Crippen molar-refractivity contribution in [1.82, 2.24) is 4.90 Å². The molecule has 2 nitrogen and oxygen atoms in total. The molecule has 1 aromatic rings. The van der Waals surface area contributed by atoms with Gasteiger partial charge in [-0.25, -0.2) is 0 Å². The largest absolute Gasteiger partial charge is 0.339 e. The van der Waals surface area contributed by atoms with Crippen LogP contribution in [0.15, 0.2) is 18.2 Å². The molecule has 104 valence electrons. The number of amides is 1. The molecule has 0 bridgehead atoms. The normalized spacial score (nSPS) is 15.6. The number of hydrogen-bond acceptors (Lipinski definition) is 1. The van der Waals surface area contributed by atoms with Gasteiger partial charge in [-0.1, -0.05) is 33.8 Å². The Morgan fingerprint density at radius 2 is 1.58 bits per heavy atom. The molecular formula is C17H25NO. The molecule has 0 aromatic heterocycles. The van der Waals surface area contributed by atoms with Gasteiger partial charge in [0.1, 0.15) is 0 Å². The monoisotopic (exact) mass is 259 g/mol. The Bertz CT molecular complexity index is 456. The molecule has 1 amide bonds. The van der Waals surface area contributed by atoms with E-state index in [1.807, 2.05) is 11.0 Å². The molecule has 0 atom stereocenters. The van der Waals surface area contributed by atoms with Gasteiger partial charge >= 0.3 is 0 Å². The van der Waals surface area contributed by atoms with Crippen LogP contribution in [-0.4, -0.2) is 23.9 Å². The Kier molecular flexibility index (Phi) is 4.28. The highest BCUT2D eigenvalue weighted by Gasteiger charge is 2.21. The van der Waals surface area contributed by atoms with E-state index in [-0.39, 0.29) is 5.91 Å². The lowest BCUT2D eigenvalue weighted by molar-refractivity contribution is 0.0792. The first-order valence-corrected chi connectivity index (χ1v) is 7.43. The van der Waals surface area contributed by atoms with E-state index in [1.165, 1.54) is 11.1 Å². The zero-order valence-corrected chi connectivity index (χ0v) is 12.6. The quantitative estimate of drug-likeness (QED) is 0.797. The third kappa shape index (κ3) is 2.99. The zero-order chi connectivity index (χ0) is 14.0. The highest BCUT2D eigenvalue weighted by atomic mass is 16.2. The van der Waals surface area contributed by atoms with Crippen LogP contribution >= 0.6 is 0 Å². The molecule has 0 unspecified atom stereocenters. The van der Waals surface area contributed by atoms with E-state index in [2.05, 4.69) is 39.8 Å². The number of hydrogen-bond donors (Lipinski definition) is 0. The molecule has 1 saturated heterocycles. The molecule has 0 spiro atoms. The van der Waals surface area contributed by atoms with Crippen LogP contribution in [0.25, 0.3) is 0 Å². The number of benzene rings is 1. The van der Waals surface area contributed by atoms with Crippen molar-refractivity contribution in [1.29, 1.82) is 0 Å². The topological polar surface area (TPSA) is 20.3 Å². The lowest BCUT2D eigenvalue weighted by atomic mass is 9.89. The van der Waals surface area contributed by atoms with Crippen LogP contribution < -0.4 is 0 Å². The average molecular weight is 259 g/mol. The van der Waals surface area contributed by atoms with Crippen LogP contribution in [0.3, 0.4) is 0 Å². The van der Waals surface area contributed by atoms with Gasteiger partial charge in [0.25, 0.3) is 5.91 Å². The number of nitrogens with zero attached hydrogens (tertiary/aromatic N) is 1. The van der Waals surface area contributed by atoms with E-state index in [0.717, 1.165) is 31.5 Å². The second kappa shape index (κ2) is 5.77. The summed E-state index contributed by atoms with van der Waals surface area (Å²) >= 11 is 0. The lowest BCUT2D eigenvalue weighted by Crippen LogP contribution is -2.27. The van der Waals surface area contributed by atoms with E-state index in [0.29, 0.717) is 11.8 Å². The summed E-state index contributed by atoms with van der Waals surface area (Å²) in [5.74, 6) is 1.17. The van der Waals surface area contributed by atoms with Gasteiger partial charge in [0.2, 0.25) is 0 Å². The van der Waals surface area contributed by atoms with E-state index in [4.69, 9.17) is 0 Å². The molecule has 2 heteroatoms. The van der Waals surface area contributed by atoms with Crippen LogP contribution in [0.1, 0.15) is 73.9 Å². The average Bonchev–Trinajstić information content (AvgIpc) is 2.90. The minimum Gasteiger partial charge on any atom is -0.339 e. The Labute approximate surface area is 116 Å². The summed E-state index contributed by atoms with van der Waals surface area (Å²) in [7, 11) is 0. The third-order valence-corrected chi connectivity index (χ3v) is 3.97. The Balaban J connectivity index is 2.32. The standard InChI is InChI=1S/C17H25NO/c1-12(2)15-8-7-14(11-16(15)13(3)4)17(19)18-9-5-6-10-18/h7-8,11-13H,5-6,9-10H2,1-4H3. The van der Waals surface area contributed by atoms with Gasteiger partial charge < -0.3 is 4.90 Å². The predicted octanol–water partition coefficient (Wildman–Crippen LogP) is 4.17. The summed E-state index contributed by atoms with van der Waals surface area (Å²) < 4.78 is 0. The highest BCUT2D eigenvalue weighted by molar-refractivity contribution is 5.94. The number of rotatable bonds is 3. The van der Waals surface area contributed by atoms with Crippen LogP contribution in [0.2, 0.25) is 0 Å². The van der Waals surface area contributed by atoms with Gasteiger partial charge in [-0.3, -0.25) is 4.79 Å². The molecule has 1 aromatic carbocycles. The number of carbonyl (C=O) groups is 1. The first kappa shape index (κ1) is 14.1. The molecule has 19 heavy (non-hydrogen) atoms. The van der Waals surface area contributed by atoms with Crippen molar-refractivity contribution >= 4 is 5.91 Å². The van der Waals surface area contributed by atoms with Crippen molar-refractivity contribution in [3.8, 4) is 0 Å². The lowest BCUT2D eigenvalue weighted by Gasteiger charge is -2.20. The highest BCUT2D eigenvalue weighted by Crippen LogP contribution is 2.28. The maximum Gasteiger partial charge on any atom is 0.253 e. The van der Waals surface area contributed by atoms with Crippen LogP contribution in [0.4, 0.5) is 0 Å². The van der Waals surface area contributed by atoms with Gasteiger partial charge in [0.15, 0.2) is 0 Å². The van der Waals surface area contributed by atoms with Gasteiger partial charge in [-0.2, -0.15) is 0 Å². The molecule has 0 N–H and O–H groups in total. The first-order valence-electron chi connectivity index (χ1n) is 7.43. The van der Waals surface area contributed by atoms with Crippen molar-refractivity contribution in [3.63, 3.8) is 0 Å². The van der Waals surface area contributed by atoms with Crippen LogP contribution in [0, 0.1) is 0 Å². The molecule has 1 aliphatic heterocycles. The molecule has 0 aliphatic carbocycles. The Morgan fingerprint density at radius 3 is 2.11 bits per heavy atom. The number of likely N-dealkylation sites (tertiary alicyclic amines) is 1. The summed E-state index contributed by atoms with van der Waals surface area (Å²) in [5.41, 5.74) is 3.54. The van der Waals surface area contributed by atoms with Crippen molar-refractivity contribution in [2.24, 2.45) is 0 Å². The van der Waals surface area contributed by atoms with Crippen molar-refractivity contribution in [2.75, 3.05) is 13.1 Å². The van der Waals surface area contributed by atoms with Crippen molar-refractivity contribution in [2.45, 2.75) is 52.4 Å². The summed E-state index contributed by atoms with van der Waals surface area (Å²) in [6, 6.07) is 6.26. The SMILES string of the molecule is CC(C)c1ccc(C(=O)N2CCCC2)cc1C(C)C. The summed E-state index contributed by atoms with van der Waals surface area (Å²) in [6.45, 7) is 10.7. The first-order chi connectivity index (χ1) is 9.00. The van der Waals surface area contributed by atoms with E-state index < -0.39 is 0 Å². The van der Waals surface area contributed by atoms with Crippen molar-refractivity contribution < 1.29 is 4.79 Å². The molecule has 2 rings (SSSR count). The predicted molar refractivity (Wildman–Crippen MR) is 79.8 cm³/mol. The fourth-order valence-corrected chi connectivity index (χ4v) is 2.84. The van der Waals surface area contributed by atoms with E-state index >= 15 is 0 Å². The molecule has 1 fully saturated rings. The van der Waals surface area contributed by atoms with Gasteiger partial charge in [-0.05, 0) is 47.9 Å². The molecule has 1 heterocycles. The summed E-state index contributed by atoms with van der Waals surface area (Å²) in [6.07, 6.45) is 2.29. The smallest absolute Gasteiger partial charge is 0.253 e.